The van der Waals surface area contributed by atoms with Crippen molar-refractivity contribution in [2.24, 2.45) is 11.8 Å². The van der Waals surface area contributed by atoms with Crippen molar-refractivity contribution in [3.63, 3.8) is 0 Å². The largest absolute Gasteiger partial charge is 0.511 e. The first-order valence-corrected chi connectivity index (χ1v) is 11.7. The lowest BCUT2D eigenvalue weighted by atomic mass is 9.94. The molecule has 1 heterocycles. The smallest absolute Gasteiger partial charge is 0.458 e. The number of ether oxygens (including phenoxy) is 3. The normalized spacial score (nSPS) is 12.8. The summed E-state index contributed by atoms with van der Waals surface area (Å²) in [6.07, 6.45) is 5.83. The van der Waals surface area contributed by atoms with E-state index in [1.54, 1.807) is 0 Å². The predicted octanol–water partition coefficient (Wildman–Crippen LogP) is 6.33. The highest BCUT2D eigenvalue weighted by Crippen LogP contribution is 2.25. The molecule has 0 bridgehead atoms. The molecule has 0 saturated heterocycles. The highest BCUT2D eigenvalue weighted by Gasteiger charge is 2.21. The molecular weight excluding hydrogens is 416 g/mol. The summed E-state index contributed by atoms with van der Waals surface area (Å²) in [7, 11) is 0. The van der Waals surface area contributed by atoms with Crippen LogP contribution in [-0.2, 0) is 22.5 Å². The third-order valence-electron chi connectivity index (χ3n) is 5.54. The molecule has 0 spiro atoms. The molecule has 0 aromatic carbocycles. The van der Waals surface area contributed by atoms with Gasteiger partial charge in [0.05, 0.1) is 6.61 Å². The zero-order valence-corrected chi connectivity index (χ0v) is 19.8. The Balaban J connectivity index is 2.85. The van der Waals surface area contributed by atoms with Crippen molar-refractivity contribution in [1.82, 2.24) is 0 Å². The fourth-order valence-corrected chi connectivity index (χ4v) is 3.44. The van der Waals surface area contributed by atoms with Gasteiger partial charge in [0.25, 0.3) is 0 Å². The maximum Gasteiger partial charge on any atom is 0.511 e. The third-order valence-corrected chi connectivity index (χ3v) is 5.54. The Labute approximate surface area is 190 Å². The molecule has 0 aliphatic carbocycles. The first-order chi connectivity index (χ1) is 15.3. The van der Waals surface area contributed by atoms with E-state index >= 15 is 0 Å². The zero-order valence-electron chi connectivity index (χ0n) is 19.8. The Morgan fingerprint density at radius 1 is 1.00 bits per heavy atom. The van der Waals surface area contributed by atoms with Gasteiger partial charge in [-0.05, 0) is 18.3 Å². The Hall–Kier alpha value is -2.51. The lowest BCUT2D eigenvalue weighted by Crippen LogP contribution is -2.18. The molecule has 0 saturated carbocycles. The first kappa shape index (κ1) is 27.5. The van der Waals surface area contributed by atoms with Crippen LogP contribution in [-0.4, -0.2) is 24.0 Å². The second-order valence-corrected chi connectivity index (χ2v) is 8.08. The third kappa shape index (κ3) is 10.2. The molecule has 1 aromatic heterocycles. The summed E-state index contributed by atoms with van der Waals surface area (Å²) in [5.74, 6) is 0.432. The van der Waals surface area contributed by atoms with Gasteiger partial charge in [-0.25, -0.2) is 9.59 Å². The molecule has 1 rings (SSSR count). The number of unbranched alkanes of at least 4 members (excludes halogenated alkanes) is 2. The fraction of sp³-hybridized carbons (Fsp3) is 0.708. The van der Waals surface area contributed by atoms with Crippen LogP contribution in [0.1, 0.15) is 90.6 Å². The molecule has 8 nitrogen and oxygen atoms in total. The van der Waals surface area contributed by atoms with E-state index in [0.29, 0.717) is 6.42 Å². The van der Waals surface area contributed by atoms with Gasteiger partial charge in [-0.3, -0.25) is 4.79 Å². The van der Waals surface area contributed by atoms with Crippen LogP contribution in [0.25, 0.3) is 0 Å². The molecule has 0 amide bonds. The SMILES string of the molecule is CCCCC(CC)COC(=O)OCc1cc(=O)c(OC(=O)O)c(CC(CC)CCCC)o1. The van der Waals surface area contributed by atoms with Gasteiger partial charge in [0.1, 0.15) is 5.76 Å². The molecule has 0 aliphatic heterocycles. The van der Waals surface area contributed by atoms with Gasteiger partial charge in [-0.1, -0.05) is 72.6 Å². The molecule has 0 aliphatic rings. The van der Waals surface area contributed by atoms with Crippen LogP contribution in [0, 0.1) is 11.8 Å². The van der Waals surface area contributed by atoms with E-state index in [0.717, 1.165) is 57.4 Å². The minimum atomic E-state index is -1.58. The molecule has 0 radical (unpaired) electrons. The monoisotopic (exact) mass is 454 g/mol. The highest BCUT2D eigenvalue weighted by atomic mass is 16.7. The van der Waals surface area contributed by atoms with Crippen LogP contribution >= 0.6 is 0 Å². The number of carboxylic acid groups (broad SMARTS) is 1. The number of rotatable bonds is 15. The standard InChI is InChI=1S/C24H38O8/c1-5-9-11-17(7-3)13-21-22(32-23(26)27)20(25)14-19(31-21)16-30-24(28)29-15-18(8-4)12-10-6-2/h14,17-18H,5-13,15-16H2,1-4H3,(H,26,27). The Kier molecular flexibility index (Phi) is 13.2. The van der Waals surface area contributed by atoms with Gasteiger partial charge >= 0.3 is 12.3 Å². The summed E-state index contributed by atoms with van der Waals surface area (Å²) in [5.41, 5.74) is -0.628. The lowest BCUT2D eigenvalue weighted by Gasteiger charge is -2.16. The van der Waals surface area contributed by atoms with Gasteiger partial charge in [-0.2, -0.15) is 0 Å². The van der Waals surface area contributed by atoms with E-state index in [-0.39, 0.29) is 42.3 Å². The average Bonchev–Trinajstić information content (AvgIpc) is 2.77. The molecule has 2 unspecified atom stereocenters. The van der Waals surface area contributed by atoms with Crippen molar-refractivity contribution in [3.05, 3.63) is 27.8 Å². The van der Waals surface area contributed by atoms with Gasteiger partial charge in [0.15, 0.2) is 12.4 Å². The summed E-state index contributed by atoms with van der Waals surface area (Å²) in [4.78, 5) is 35.5. The Morgan fingerprint density at radius 3 is 2.19 bits per heavy atom. The number of hydrogen-bond acceptors (Lipinski definition) is 7. The first-order valence-electron chi connectivity index (χ1n) is 11.7. The second kappa shape index (κ2) is 15.3. The van der Waals surface area contributed by atoms with E-state index < -0.39 is 17.7 Å². The van der Waals surface area contributed by atoms with Crippen LogP contribution in [0.15, 0.2) is 15.3 Å². The van der Waals surface area contributed by atoms with Crippen molar-refractivity contribution >= 4 is 12.3 Å². The molecular formula is C24H38O8. The molecule has 1 aromatic rings. The van der Waals surface area contributed by atoms with E-state index in [2.05, 4.69) is 20.8 Å². The zero-order chi connectivity index (χ0) is 23.9. The summed E-state index contributed by atoms with van der Waals surface area (Å²) >= 11 is 0. The van der Waals surface area contributed by atoms with Gasteiger partial charge in [0, 0.05) is 12.5 Å². The van der Waals surface area contributed by atoms with Gasteiger partial charge < -0.3 is 23.7 Å². The average molecular weight is 455 g/mol. The Morgan fingerprint density at radius 2 is 1.62 bits per heavy atom. The van der Waals surface area contributed by atoms with E-state index in [9.17, 15) is 14.4 Å². The lowest BCUT2D eigenvalue weighted by molar-refractivity contribution is 0.0331. The maximum atomic E-state index is 12.5. The maximum absolute atomic E-state index is 12.5. The summed E-state index contributed by atoms with van der Waals surface area (Å²) in [6.45, 7) is 8.29. The van der Waals surface area contributed by atoms with E-state index in [1.807, 2.05) is 6.92 Å². The number of carbonyl (C=O) groups is 2. The van der Waals surface area contributed by atoms with E-state index in [4.69, 9.17) is 23.7 Å². The quantitative estimate of drug-likeness (QED) is 0.306. The van der Waals surface area contributed by atoms with Crippen LogP contribution < -0.4 is 10.2 Å². The summed E-state index contributed by atoms with van der Waals surface area (Å²) in [5, 5.41) is 8.98. The van der Waals surface area contributed by atoms with Crippen LogP contribution in [0.2, 0.25) is 0 Å². The predicted molar refractivity (Wildman–Crippen MR) is 120 cm³/mol. The summed E-state index contributed by atoms with van der Waals surface area (Å²) < 4.78 is 20.7. The molecule has 8 heteroatoms. The molecule has 2 atom stereocenters. The molecule has 1 N–H and O–H groups in total. The topological polar surface area (TPSA) is 112 Å². The van der Waals surface area contributed by atoms with Crippen LogP contribution in [0.5, 0.6) is 5.75 Å². The molecule has 0 fully saturated rings. The Bertz CT molecular complexity index is 755. The molecule has 32 heavy (non-hydrogen) atoms. The summed E-state index contributed by atoms with van der Waals surface area (Å²) in [6, 6.07) is 1.08. The van der Waals surface area contributed by atoms with Crippen molar-refractivity contribution in [2.45, 2.75) is 92.1 Å². The van der Waals surface area contributed by atoms with Crippen molar-refractivity contribution < 1.29 is 33.3 Å². The van der Waals surface area contributed by atoms with Crippen molar-refractivity contribution in [3.8, 4) is 5.75 Å². The fourth-order valence-electron chi connectivity index (χ4n) is 3.44. The highest BCUT2D eigenvalue weighted by molar-refractivity contribution is 5.61. The number of hydrogen-bond donors (Lipinski definition) is 1. The van der Waals surface area contributed by atoms with Crippen molar-refractivity contribution in [2.75, 3.05) is 6.61 Å². The number of carbonyl (C=O) groups excluding carboxylic acids is 1. The second-order valence-electron chi connectivity index (χ2n) is 8.08. The van der Waals surface area contributed by atoms with E-state index in [1.165, 1.54) is 0 Å². The van der Waals surface area contributed by atoms with Crippen LogP contribution in [0.4, 0.5) is 9.59 Å². The minimum absolute atomic E-state index is 0.114. The van der Waals surface area contributed by atoms with Crippen molar-refractivity contribution in [1.29, 1.82) is 0 Å². The van der Waals surface area contributed by atoms with Gasteiger partial charge in [0.2, 0.25) is 11.2 Å². The molecule has 182 valence electrons. The minimum Gasteiger partial charge on any atom is -0.458 e. The van der Waals surface area contributed by atoms with Crippen LogP contribution in [0.3, 0.4) is 0 Å². The van der Waals surface area contributed by atoms with Gasteiger partial charge in [-0.15, -0.1) is 0 Å².